The van der Waals surface area contributed by atoms with Crippen molar-refractivity contribution >= 4 is 11.8 Å². The zero-order valence-corrected chi connectivity index (χ0v) is 11.7. The monoisotopic (exact) mass is 280 g/mol. The molecule has 0 amide bonds. The summed E-state index contributed by atoms with van der Waals surface area (Å²) in [5.41, 5.74) is -1.15. The van der Waals surface area contributed by atoms with Crippen LogP contribution in [0.5, 0.6) is 0 Å². The largest absolute Gasteiger partial charge is 0.203 e. The van der Waals surface area contributed by atoms with Crippen LogP contribution in [0.25, 0.3) is 0 Å². The van der Waals surface area contributed by atoms with Gasteiger partial charge in [-0.1, -0.05) is 20.8 Å². The Labute approximate surface area is 109 Å². The van der Waals surface area contributed by atoms with Gasteiger partial charge in [-0.25, -0.2) is 17.6 Å². The summed E-state index contributed by atoms with van der Waals surface area (Å²) in [4.78, 5) is 0. The fraction of sp³-hybridized carbons (Fsp3) is 0.538. The van der Waals surface area contributed by atoms with Crippen LogP contribution >= 0.6 is 11.8 Å². The molecule has 0 fully saturated rings. The molecule has 0 radical (unpaired) electrons. The second kappa shape index (κ2) is 5.51. The first kappa shape index (κ1) is 15.3. The fourth-order valence-electron chi connectivity index (χ4n) is 1.37. The van der Waals surface area contributed by atoms with Gasteiger partial charge >= 0.3 is 0 Å². The molecule has 0 saturated heterocycles. The third kappa shape index (κ3) is 3.40. The minimum atomic E-state index is -1.31. The van der Waals surface area contributed by atoms with Crippen LogP contribution in [-0.2, 0) is 5.75 Å². The minimum absolute atomic E-state index is 0.0145. The molecule has 0 spiro atoms. The minimum Gasteiger partial charge on any atom is -0.203 e. The second-order valence-electron chi connectivity index (χ2n) is 5.41. The van der Waals surface area contributed by atoms with Gasteiger partial charge < -0.3 is 0 Å². The van der Waals surface area contributed by atoms with E-state index in [2.05, 4.69) is 0 Å². The van der Waals surface area contributed by atoms with Crippen LogP contribution in [-0.4, -0.2) is 5.75 Å². The first-order chi connectivity index (χ1) is 8.15. The Balaban J connectivity index is 2.96. The molecule has 0 saturated carbocycles. The van der Waals surface area contributed by atoms with Gasteiger partial charge in [0.05, 0.1) is 0 Å². The molecule has 0 heterocycles. The first-order valence-corrected chi connectivity index (χ1v) is 6.70. The van der Waals surface area contributed by atoms with Crippen LogP contribution in [0.4, 0.5) is 17.6 Å². The summed E-state index contributed by atoms with van der Waals surface area (Å²) in [6.07, 6.45) is 0. The van der Waals surface area contributed by atoms with E-state index in [1.807, 2.05) is 20.8 Å². The zero-order chi connectivity index (χ0) is 14.1. The smallest absolute Gasteiger partial charge is 0.166 e. The van der Waals surface area contributed by atoms with Crippen molar-refractivity contribution in [1.29, 1.82) is 0 Å². The Morgan fingerprint density at radius 1 is 0.889 bits per heavy atom. The van der Waals surface area contributed by atoms with E-state index in [1.165, 1.54) is 11.8 Å². The fourth-order valence-corrected chi connectivity index (χ4v) is 2.54. The van der Waals surface area contributed by atoms with Crippen molar-refractivity contribution in [2.24, 2.45) is 5.41 Å². The molecule has 5 heteroatoms. The molecule has 0 aliphatic heterocycles. The third-order valence-electron chi connectivity index (χ3n) is 2.36. The molecule has 0 aliphatic rings. The number of hydrogen-bond donors (Lipinski definition) is 0. The molecular formula is C13H16F4S. The van der Waals surface area contributed by atoms with E-state index in [4.69, 9.17) is 0 Å². The molecule has 1 aromatic rings. The van der Waals surface area contributed by atoms with Crippen molar-refractivity contribution < 1.29 is 17.6 Å². The molecule has 1 aromatic carbocycles. The maximum atomic E-state index is 13.5. The van der Waals surface area contributed by atoms with Crippen molar-refractivity contribution in [3.05, 3.63) is 34.4 Å². The van der Waals surface area contributed by atoms with Gasteiger partial charge in [-0.05, 0) is 18.1 Å². The van der Waals surface area contributed by atoms with Crippen molar-refractivity contribution in [1.82, 2.24) is 0 Å². The lowest BCUT2D eigenvalue weighted by Crippen LogP contribution is -2.10. The number of hydrogen-bond acceptors (Lipinski definition) is 1. The van der Waals surface area contributed by atoms with Crippen LogP contribution in [0, 0.1) is 35.6 Å². The molecule has 0 bridgehead atoms. The van der Waals surface area contributed by atoms with E-state index in [0.29, 0.717) is 5.75 Å². The van der Waals surface area contributed by atoms with Crippen LogP contribution in [0.3, 0.4) is 0 Å². The van der Waals surface area contributed by atoms with Crippen LogP contribution in [0.2, 0.25) is 0 Å². The van der Waals surface area contributed by atoms with Gasteiger partial charge in [0.15, 0.2) is 23.3 Å². The SMILES string of the molecule is Cc1c(F)c(F)c(CSCC(C)(C)C)c(F)c1F. The summed E-state index contributed by atoms with van der Waals surface area (Å²) in [6.45, 7) is 6.94. The summed E-state index contributed by atoms with van der Waals surface area (Å²) in [5.74, 6) is -4.62. The van der Waals surface area contributed by atoms with Crippen molar-refractivity contribution in [3.63, 3.8) is 0 Å². The lowest BCUT2D eigenvalue weighted by atomic mass is 10.0. The normalized spacial score (nSPS) is 12.0. The highest BCUT2D eigenvalue weighted by molar-refractivity contribution is 7.98. The molecule has 1 rings (SSSR count). The molecule has 102 valence electrons. The molecule has 0 N–H and O–H groups in total. The zero-order valence-electron chi connectivity index (χ0n) is 10.8. The summed E-state index contributed by atoms with van der Waals surface area (Å²) >= 11 is 1.25. The van der Waals surface area contributed by atoms with E-state index in [1.54, 1.807) is 0 Å². The Bertz CT molecular complexity index is 420. The van der Waals surface area contributed by atoms with Gasteiger partial charge in [-0.15, -0.1) is 0 Å². The quantitative estimate of drug-likeness (QED) is 0.564. The highest BCUT2D eigenvalue weighted by Gasteiger charge is 2.23. The lowest BCUT2D eigenvalue weighted by molar-refractivity contribution is 0.435. The van der Waals surface area contributed by atoms with Gasteiger partial charge in [0.2, 0.25) is 0 Å². The highest BCUT2D eigenvalue weighted by Crippen LogP contribution is 2.29. The number of rotatable bonds is 3. The third-order valence-corrected chi connectivity index (χ3v) is 3.92. The van der Waals surface area contributed by atoms with Crippen LogP contribution in [0.15, 0.2) is 0 Å². The van der Waals surface area contributed by atoms with Crippen molar-refractivity contribution in [2.75, 3.05) is 5.75 Å². The predicted molar refractivity (Wildman–Crippen MR) is 66.6 cm³/mol. The highest BCUT2D eigenvalue weighted by atomic mass is 32.2. The summed E-state index contributed by atoms with van der Waals surface area (Å²) < 4.78 is 53.7. The molecule has 18 heavy (non-hydrogen) atoms. The Kier molecular flexibility index (Phi) is 4.70. The molecule has 0 unspecified atom stereocenters. The number of halogens is 4. The van der Waals surface area contributed by atoms with E-state index in [-0.39, 0.29) is 11.2 Å². The average Bonchev–Trinajstić information content (AvgIpc) is 2.27. The first-order valence-electron chi connectivity index (χ1n) is 5.54. The Morgan fingerprint density at radius 3 is 1.72 bits per heavy atom. The average molecular weight is 280 g/mol. The molecular weight excluding hydrogens is 264 g/mol. The maximum Gasteiger partial charge on any atom is 0.166 e. The summed E-state index contributed by atoms with van der Waals surface area (Å²) in [6, 6.07) is 0. The van der Waals surface area contributed by atoms with Crippen molar-refractivity contribution in [2.45, 2.75) is 33.4 Å². The van der Waals surface area contributed by atoms with Gasteiger partial charge in [0, 0.05) is 16.9 Å². The van der Waals surface area contributed by atoms with E-state index in [9.17, 15) is 17.6 Å². The van der Waals surface area contributed by atoms with Crippen LogP contribution < -0.4 is 0 Å². The van der Waals surface area contributed by atoms with Gasteiger partial charge in [-0.2, -0.15) is 11.8 Å². The lowest BCUT2D eigenvalue weighted by Gasteiger charge is -2.17. The summed E-state index contributed by atoms with van der Waals surface area (Å²) in [7, 11) is 0. The van der Waals surface area contributed by atoms with Crippen LogP contribution in [0.1, 0.15) is 31.9 Å². The molecule has 0 atom stereocenters. The predicted octanol–water partition coefficient (Wildman–Crippen LogP) is 4.83. The summed E-state index contributed by atoms with van der Waals surface area (Å²) in [5, 5.41) is 0. The second-order valence-corrected chi connectivity index (χ2v) is 6.40. The van der Waals surface area contributed by atoms with E-state index >= 15 is 0 Å². The number of benzene rings is 1. The van der Waals surface area contributed by atoms with E-state index < -0.39 is 34.4 Å². The molecule has 0 nitrogen and oxygen atoms in total. The Hall–Kier alpha value is -0.710. The topological polar surface area (TPSA) is 0 Å². The van der Waals surface area contributed by atoms with E-state index in [0.717, 1.165) is 6.92 Å². The van der Waals surface area contributed by atoms with Gasteiger partial charge in [0.1, 0.15) is 0 Å². The van der Waals surface area contributed by atoms with Gasteiger partial charge in [0.25, 0.3) is 0 Å². The standard InChI is InChI=1S/C13H16F4S/c1-7-9(14)11(16)8(12(17)10(7)15)5-18-6-13(2,3)4/h5-6H2,1-4H3. The number of thioether (sulfide) groups is 1. The van der Waals surface area contributed by atoms with Gasteiger partial charge in [-0.3, -0.25) is 0 Å². The maximum absolute atomic E-state index is 13.5. The molecule has 0 aromatic heterocycles. The Morgan fingerprint density at radius 2 is 1.33 bits per heavy atom. The molecule has 0 aliphatic carbocycles. The van der Waals surface area contributed by atoms with Crippen molar-refractivity contribution in [3.8, 4) is 0 Å².